The van der Waals surface area contributed by atoms with Crippen molar-refractivity contribution in [3.8, 4) is 5.75 Å². The van der Waals surface area contributed by atoms with E-state index in [0.717, 1.165) is 18.8 Å². The van der Waals surface area contributed by atoms with Gasteiger partial charge in [-0.05, 0) is 53.9 Å². The summed E-state index contributed by atoms with van der Waals surface area (Å²) in [6.07, 6.45) is 2.25. The highest BCUT2D eigenvalue weighted by Gasteiger charge is 1.99. The zero-order chi connectivity index (χ0) is 15.2. The number of hydrogen-bond acceptors (Lipinski definition) is 2. The van der Waals surface area contributed by atoms with E-state index in [2.05, 4.69) is 62.5 Å². The fraction of sp³-hybridized carbons (Fsp3) is 0.368. The van der Waals surface area contributed by atoms with Crippen LogP contribution in [0.4, 0.5) is 0 Å². The second-order valence-electron chi connectivity index (χ2n) is 5.99. The van der Waals surface area contributed by atoms with E-state index in [1.807, 2.05) is 6.07 Å². The quantitative estimate of drug-likeness (QED) is 0.843. The fourth-order valence-electron chi connectivity index (χ4n) is 2.35. The van der Waals surface area contributed by atoms with E-state index in [-0.39, 0.29) is 0 Å². The van der Waals surface area contributed by atoms with Crippen molar-refractivity contribution in [3.05, 3.63) is 47.5 Å². The minimum Gasteiger partial charge on any atom is -0.497 e. The van der Waals surface area contributed by atoms with E-state index in [1.54, 1.807) is 7.11 Å². The highest BCUT2D eigenvalue weighted by atomic mass is 16.5. The summed E-state index contributed by atoms with van der Waals surface area (Å²) in [6, 6.07) is 12.7. The van der Waals surface area contributed by atoms with E-state index in [0.29, 0.717) is 5.92 Å². The van der Waals surface area contributed by atoms with Crippen molar-refractivity contribution in [3.63, 3.8) is 0 Å². The van der Waals surface area contributed by atoms with E-state index < -0.39 is 0 Å². The van der Waals surface area contributed by atoms with Crippen LogP contribution in [0.3, 0.4) is 0 Å². The van der Waals surface area contributed by atoms with Crippen LogP contribution in [0.25, 0.3) is 16.8 Å². The number of hydrogen-bond donors (Lipinski definition) is 1. The first-order chi connectivity index (χ1) is 10.1. The van der Waals surface area contributed by atoms with Gasteiger partial charge in [0, 0.05) is 6.54 Å². The van der Waals surface area contributed by atoms with Gasteiger partial charge in [0.25, 0.3) is 0 Å². The molecule has 2 heteroatoms. The molecule has 0 saturated heterocycles. The third-order valence-electron chi connectivity index (χ3n) is 3.44. The lowest BCUT2D eigenvalue weighted by Gasteiger charge is -2.08. The molecule has 112 valence electrons. The SMILES string of the molecule is COc1ccc2cc(C=C(C)CNCC(C)C)ccc2c1. The summed E-state index contributed by atoms with van der Waals surface area (Å²) in [5.74, 6) is 1.59. The smallest absolute Gasteiger partial charge is 0.119 e. The molecule has 2 rings (SSSR count). The Labute approximate surface area is 127 Å². The number of fused-ring (bicyclic) bond motifs is 1. The third-order valence-corrected chi connectivity index (χ3v) is 3.44. The van der Waals surface area contributed by atoms with Crippen LogP contribution < -0.4 is 10.1 Å². The van der Waals surface area contributed by atoms with Crippen LogP contribution in [-0.2, 0) is 0 Å². The molecular formula is C19H25NO. The Morgan fingerprint density at radius 3 is 2.57 bits per heavy atom. The number of methoxy groups -OCH3 is 1. The lowest BCUT2D eigenvalue weighted by Crippen LogP contribution is -2.21. The van der Waals surface area contributed by atoms with Crippen molar-refractivity contribution in [2.45, 2.75) is 20.8 Å². The van der Waals surface area contributed by atoms with Crippen molar-refractivity contribution < 1.29 is 4.74 Å². The van der Waals surface area contributed by atoms with Gasteiger partial charge in [-0.2, -0.15) is 0 Å². The van der Waals surface area contributed by atoms with Crippen molar-refractivity contribution in [1.82, 2.24) is 5.32 Å². The summed E-state index contributed by atoms with van der Waals surface area (Å²) < 4.78 is 5.26. The summed E-state index contributed by atoms with van der Waals surface area (Å²) in [6.45, 7) is 8.63. The fourth-order valence-corrected chi connectivity index (χ4v) is 2.35. The molecule has 0 aliphatic rings. The number of ether oxygens (including phenoxy) is 1. The predicted molar refractivity (Wildman–Crippen MR) is 91.9 cm³/mol. The maximum Gasteiger partial charge on any atom is 0.119 e. The van der Waals surface area contributed by atoms with E-state index in [9.17, 15) is 0 Å². The Morgan fingerprint density at radius 1 is 1.14 bits per heavy atom. The number of rotatable bonds is 6. The Morgan fingerprint density at radius 2 is 1.86 bits per heavy atom. The summed E-state index contributed by atoms with van der Waals surface area (Å²) in [5, 5.41) is 5.93. The maximum absolute atomic E-state index is 5.26. The topological polar surface area (TPSA) is 21.3 Å². The standard InChI is InChI=1S/C19H25NO/c1-14(2)12-20-13-15(3)9-16-5-6-18-11-19(21-4)8-7-17(18)10-16/h5-11,14,20H,12-13H2,1-4H3. The molecule has 0 unspecified atom stereocenters. The minimum atomic E-state index is 0.688. The highest BCUT2D eigenvalue weighted by Crippen LogP contribution is 2.22. The van der Waals surface area contributed by atoms with Crippen LogP contribution in [0.1, 0.15) is 26.3 Å². The largest absolute Gasteiger partial charge is 0.497 e. The molecule has 2 aromatic carbocycles. The molecule has 0 bridgehead atoms. The first-order valence-electron chi connectivity index (χ1n) is 7.54. The first kappa shape index (κ1) is 15.6. The molecule has 0 radical (unpaired) electrons. The predicted octanol–water partition coefficient (Wildman–Crippen LogP) is 4.50. The van der Waals surface area contributed by atoms with Gasteiger partial charge >= 0.3 is 0 Å². The third kappa shape index (κ3) is 4.61. The minimum absolute atomic E-state index is 0.688. The number of benzene rings is 2. The van der Waals surface area contributed by atoms with E-state index in [4.69, 9.17) is 4.74 Å². The van der Waals surface area contributed by atoms with E-state index >= 15 is 0 Å². The van der Waals surface area contributed by atoms with Gasteiger partial charge in [0.2, 0.25) is 0 Å². The van der Waals surface area contributed by atoms with Gasteiger partial charge < -0.3 is 10.1 Å². The summed E-state index contributed by atoms with van der Waals surface area (Å²) in [5.41, 5.74) is 2.60. The normalized spacial score (nSPS) is 12.1. The van der Waals surface area contributed by atoms with Gasteiger partial charge in [0.15, 0.2) is 0 Å². The average molecular weight is 283 g/mol. The van der Waals surface area contributed by atoms with Crippen molar-refractivity contribution in [1.29, 1.82) is 0 Å². The molecule has 0 saturated carbocycles. The molecule has 2 aromatic rings. The summed E-state index contributed by atoms with van der Waals surface area (Å²) in [4.78, 5) is 0. The van der Waals surface area contributed by atoms with Crippen LogP contribution in [-0.4, -0.2) is 20.2 Å². The number of nitrogens with one attached hydrogen (secondary N) is 1. The van der Waals surface area contributed by atoms with Crippen molar-refractivity contribution in [2.24, 2.45) is 5.92 Å². The Balaban J connectivity index is 2.11. The van der Waals surface area contributed by atoms with Crippen LogP contribution in [0.5, 0.6) is 5.75 Å². The molecule has 0 fully saturated rings. The lowest BCUT2D eigenvalue weighted by atomic mass is 10.0. The highest BCUT2D eigenvalue weighted by molar-refractivity contribution is 5.86. The molecule has 0 spiro atoms. The lowest BCUT2D eigenvalue weighted by molar-refractivity contribution is 0.415. The van der Waals surface area contributed by atoms with Gasteiger partial charge in [-0.15, -0.1) is 0 Å². The molecule has 2 nitrogen and oxygen atoms in total. The summed E-state index contributed by atoms with van der Waals surface area (Å²) in [7, 11) is 1.70. The zero-order valence-corrected chi connectivity index (χ0v) is 13.4. The van der Waals surface area contributed by atoms with Crippen molar-refractivity contribution in [2.75, 3.05) is 20.2 Å². The van der Waals surface area contributed by atoms with Crippen LogP contribution >= 0.6 is 0 Å². The monoisotopic (exact) mass is 283 g/mol. The Bertz CT molecular complexity index is 628. The Hall–Kier alpha value is -1.80. The zero-order valence-electron chi connectivity index (χ0n) is 13.4. The first-order valence-corrected chi connectivity index (χ1v) is 7.54. The molecule has 0 amide bonds. The molecule has 21 heavy (non-hydrogen) atoms. The summed E-state index contributed by atoms with van der Waals surface area (Å²) >= 11 is 0. The molecule has 0 aliphatic heterocycles. The molecule has 0 aliphatic carbocycles. The second-order valence-corrected chi connectivity index (χ2v) is 5.99. The second kappa shape index (κ2) is 7.28. The molecular weight excluding hydrogens is 258 g/mol. The maximum atomic E-state index is 5.26. The molecule has 1 N–H and O–H groups in total. The van der Waals surface area contributed by atoms with Crippen LogP contribution in [0, 0.1) is 5.92 Å². The van der Waals surface area contributed by atoms with Gasteiger partial charge in [-0.25, -0.2) is 0 Å². The van der Waals surface area contributed by atoms with E-state index in [1.165, 1.54) is 21.9 Å². The van der Waals surface area contributed by atoms with Gasteiger partial charge in [-0.1, -0.05) is 43.7 Å². The van der Waals surface area contributed by atoms with Crippen LogP contribution in [0.15, 0.2) is 42.0 Å². The van der Waals surface area contributed by atoms with Crippen molar-refractivity contribution >= 4 is 16.8 Å². The van der Waals surface area contributed by atoms with Gasteiger partial charge in [0.1, 0.15) is 5.75 Å². The molecule has 0 aromatic heterocycles. The average Bonchev–Trinajstić information content (AvgIpc) is 2.46. The Kier molecular flexibility index (Phi) is 5.40. The van der Waals surface area contributed by atoms with Gasteiger partial charge in [-0.3, -0.25) is 0 Å². The molecule has 0 atom stereocenters. The van der Waals surface area contributed by atoms with Crippen LogP contribution in [0.2, 0.25) is 0 Å². The van der Waals surface area contributed by atoms with Gasteiger partial charge in [0.05, 0.1) is 7.11 Å². The molecule has 0 heterocycles.